The number of hydrogen-bond acceptors (Lipinski definition) is 3. The van der Waals surface area contributed by atoms with E-state index in [1.165, 1.54) is 12.3 Å². The lowest BCUT2D eigenvalue weighted by atomic mass is 10.0. The zero-order valence-electron chi connectivity index (χ0n) is 8.88. The quantitative estimate of drug-likeness (QED) is 0.888. The number of halogens is 2. The van der Waals surface area contributed by atoms with Crippen LogP contribution < -0.4 is 5.32 Å². The van der Waals surface area contributed by atoms with Crippen molar-refractivity contribution in [3.8, 4) is 0 Å². The van der Waals surface area contributed by atoms with Crippen LogP contribution in [-0.4, -0.2) is 24.7 Å². The zero-order chi connectivity index (χ0) is 11.4. The maximum atomic E-state index is 13.4. The van der Waals surface area contributed by atoms with Crippen LogP contribution in [-0.2, 0) is 4.74 Å². The predicted molar refractivity (Wildman–Crippen MR) is 61.2 cm³/mol. The van der Waals surface area contributed by atoms with Gasteiger partial charge in [-0.3, -0.25) is 0 Å². The highest BCUT2D eigenvalue weighted by atomic mass is 35.5. The van der Waals surface area contributed by atoms with E-state index in [0.717, 1.165) is 32.6 Å². The normalized spacial score (nSPS) is 17.4. The van der Waals surface area contributed by atoms with E-state index in [-0.39, 0.29) is 5.82 Å². The average molecular weight is 245 g/mol. The number of rotatable bonds is 3. The summed E-state index contributed by atoms with van der Waals surface area (Å²) < 4.78 is 18.6. The molecule has 0 radical (unpaired) electrons. The predicted octanol–water partition coefficient (Wildman–Crippen LogP) is 2.71. The molecule has 0 amide bonds. The second-order valence-corrected chi connectivity index (χ2v) is 4.36. The van der Waals surface area contributed by atoms with Gasteiger partial charge >= 0.3 is 0 Å². The number of pyridine rings is 1. The van der Waals surface area contributed by atoms with E-state index in [2.05, 4.69) is 10.3 Å². The molecule has 0 spiro atoms. The van der Waals surface area contributed by atoms with Crippen molar-refractivity contribution in [2.75, 3.05) is 25.1 Å². The van der Waals surface area contributed by atoms with Crippen LogP contribution in [0.1, 0.15) is 12.8 Å². The van der Waals surface area contributed by atoms with E-state index in [1.807, 2.05) is 0 Å². The molecule has 1 aromatic heterocycles. The fraction of sp³-hybridized carbons (Fsp3) is 0.545. The maximum Gasteiger partial charge on any atom is 0.166 e. The molecule has 1 aliphatic heterocycles. The lowest BCUT2D eigenvalue weighted by molar-refractivity contribution is 0.0699. The summed E-state index contributed by atoms with van der Waals surface area (Å²) in [5, 5.41) is 3.32. The zero-order valence-corrected chi connectivity index (χ0v) is 9.63. The minimum Gasteiger partial charge on any atom is -0.381 e. The summed E-state index contributed by atoms with van der Waals surface area (Å²) in [6.07, 6.45) is 3.47. The SMILES string of the molecule is Fc1cc(Cl)cnc1NCC1CCOCC1. The summed E-state index contributed by atoms with van der Waals surface area (Å²) in [5.74, 6) is 0.404. The van der Waals surface area contributed by atoms with Gasteiger partial charge in [-0.25, -0.2) is 9.37 Å². The summed E-state index contributed by atoms with van der Waals surface area (Å²) in [4.78, 5) is 3.91. The number of nitrogens with zero attached hydrogens (tertiary/aromatic N) is 1. The molecule has 0 unspecified atom stereocenters. The molecule has 0 bridgehead atoms. The van der Waals surface area contributed by atoms with E-state index < -0.39 is 5.82 Å². The van der Waals surface area contributed by atoms with Gasteiger partial charge in [0.25, 0.3) is 0 Å². The first-order valence-electron chi connectivity index (χ1n) is 5.38. The summed E-state index contributed by atoms with van der Waals surface area (Å²) in [5.41, 5.74) is 0. The van der Waals surface area contributed by atoms with Crippen LogP contribution in [0.15, 0.2) is 12.3 Å². The average Bonchev–Trinajstić information content (AvgIpc) is 2.29. The van der Waals surface area contributed by atoms with Gasteiger partial charge in [0.2, 0.25) is 0 Å². The van der Waals surface area contributed by atoms with Gasteiger partial charge in [-0.1, -0.05) is 11.6 Å². The van der Waals surface area contributed by atoms with Gasteiger partial charge in [-0.05, 0) is 24.8 Å². The van der Waals surface area contributed by atoms with Crippen LogP contribution in [0.25, 0.3) is 0 Å². The molecule has 1 aromatic rings. The number of nitrogens with one attached hydrogen (secondary N) is 1. The van der Waals surface area contributed by atoms with Crippen LogP contribution in [0.4, 0.5) is 10.2 Å². The Balaban J connectivity index is 1.88. The van der Waals surface area contributed by atoms with Crippen molar-refractivity contribution in [3.63, 3.8) is 0 Å². The van der Waals surface area contributed by atoms with Crippen molar-refractivity contribution in [1.82, 2.24) is 4.98 Å². The van der Waals surface area contributed by atoms with Crippen molar-refractivity contribution in [3.05, 3.63) is 23.1 Å². The van der Waals surface area contributed by atoms with Crippen LogP contribution >= 0.6 is 11.6 Å². The molecule has 5 heteroatoms. The van der Waals surface area contributed by atoms with Crippen molar-refractivity contribution >= 4 is 17.4 Å². The molecule has 2 rings (SSSR count). The molecule has 3 nitrogen and oxygen atoms in total. The Bertz CT molecular complexity index is 356. The Labute approximate surface area is 99.0 Å². The van der Waals surface area contributed by atoms with Crippen molar-refractivity contribution in [1.29, 1.82) is 0 Å². The van der Waals surface area contributed by atoms with Gasteiger partial charge in [-0.2, -0.15) is 0 Å². The second kappa shape index (κ2) is 5.46. The molecular formula is C11H14ClFN2O. The molecule has 1 N–H and O–H groups in total. The van der Waals surface area contributed by atoms with E-state index in [0.29, 0.717) is 10.9 Å². The third kappa shape index (κ3) is 3.06. The van der Waals surface area contributed by atoms with Gasteiger partial charge in [0.1, 0.15) is 0 Å². The molecule has 88 valence electrons. The topological polar surface area (TPSA) is 34.2 Å². The molecule has 1 aliphatic rings. The van der Waals surface area contributed by atoms with E-state index in [1.54, 1.807) is 0 Å². The molecule has 16 heavy (non-hydrogen) atoms. The Morgan fingerprint density at radius 3 is 2.94 bits per heavy atom. The fourth-order valence-corrected chi connectivity index (χ4v) is 1.88. The molecule has 1 saturated heterocycles. The Kier molecular flexibility index (Phi) is 3.96. The van der Waals surface area contributed by atoms with Gasteiger partial charge < -0.3 is 10.1 Å². The van der Waals surface area contributed by atoms with Gasteiger partial charge in [-0.15, -0.1) is 0 Å². The molecule has 0 aromatic carbocycles. The standard InChI is InChI=1S/C11H14ClFN2O/c12-9-5-10(13)11(15-7-9)14-6-8-1-3-16-4-2-8/h5,7-8H,1-4,6H2,(H,14,15). The monoisotopic (exact) mass is 244 g/mol. The first-order valence-corrected chi connectivity index (χ1v) is 5.76. The largest absolute Gasteiger partial charge is 0.381 e. The van der Waals surface area contributed by atoms with Crippen LogP contribution in [0.5, 0.6) is 0 Å². The van der Waals surface area contributed by atoms with Crippen molar-refractivity contribution < 1.29 is 9.13 Å². The fourth-order valence-electron chi connectivity index (χ4n) is 1.74. The molecule has 0 saturated carbocycles. The minimum absolute atomic E-state index is 0.274. The van der Waals surface area contributed by atoms with Gasteiger partial charge in [0.15, 0.2) is 11.6 Å². The smallest absolute Gasteiger partial charge is 0.166 e. The first kappa shape index (κ1) is 11.6. The highest BCUT2D eigenvalue weighted by Crippen LogP contribution is 2.18. The van der Waals surface area contributed by atoms with E-state index >= 15 is 0 Å². The molecule has 2 heterocycles. The van der Waals surface area contributed by atoms with E-state index in [9.17, 15) is 4.39 Å². The maximum absolute atomic E-state index is 13.4. The molecule has 0 atom stereocenters. The summed E-state index contributed by atoms with van der Waals surface area (Å²) in [6, 6.07) is 1.26. The number of aromatic nitrogens is 1. The summed E-state index contributed by atoms with van der Waals surface area (Å²) >= 11 is 5.62. The van der Waals surface area contributed by atoms with Crippen LogP contribution in [0.3, 0.4) is 0 Å². The third-order valence-electron chi connectivity index (χ3n) is 2.71. The highest BCUT2D eigenvalue weighted by molar-refractivity contribution is 6.30. The number of anilines is 1. The first-order chi connectivity index (χ1) is 7.75. The Hall–Kier alpha value is -0.870. The number of hydrogen-bond donors (Lipinski definition) is 1. The third-order valence-corrected chi connectivity index (χ3v) is 2.91. The summed E-state index contributed by atoms with van der Waals surface area (Å²) in [7, 11) is 0. The van der Waals surface area contributed by atoms with Crippen LogP contribution in [0, 0.1) is 11.7 Å². The molecule has 0 aliphatic carbocycles. The molecular weight excluding hydrogens is 231 g/mol. The van der Waals surface area contributed by atoms with E-state index in [4.69, 9.17) is 16.3 Å². The summed E-state index contributed by atoms with van der Waals surface area (Å²) in [6.45, 7) is 2.32. The lowest BCUT2D eigenvalue weighted by Crippen LogP contribution is -2.23. The lowest BCUT2D eigenvalue weighted by Gasteiger charge is -2.22. The Morgan fingerprint density at radius 1 is 1.50 bits per heavy atom. The van der Waals surface area contributed by atoms with Gasteiger partial charge in [0.05, 0.1) is 5.02 Å². The Morgan fingerprint density at radius 2 is 2.25 bits per heavy atom. The highest BCUT2D eigenvalue weighted by Gasteiger charge is 2.14. The molecule has 1 fully saturated rings. The van der Waals surface area contributed by atoms with Crippen molar-refractivity contribution in [2.45, 2.75) is 12.8 Å². The second-order valence-electron chi connectivity index (χ2n) is 3.92. The number of ether oxygens (including phenoxy) is 1. The minimum atomic E-state index is -0.403. The van der Waals surface area contributed by atoms with Crippen molar-refractivity contribution in [2.24, 2.45) is 5.92 Å². The van der Waals surface area contributed by atoms with Gasteiger partial charge in [0, 0.05) is 26.0 Å². The van der Waals surface area contributed by atoms with Crippen LogP contribution in [0.2, 0.25) is 5.02 Å².